The molecule has 0 fully saturated rings. The molecule has 0 saturated carbocycles. The van der Waals surface area contributed by atoms with Crippen molar-refractivity contribution >= 4 is 23.9 Å². The molecule has 0 aliphatic heterocycles. The van der Waals surface area contributed by atoms with Gasteiger partial charge < -0.3 is 19.7 Å². The number of carbonyl (C=O) groups excluding carboxylic acids is 2. The Morgan fingerprint density at radius 1 is 0.500 bits per heavy atom. The Labute approximate surface area is 198 Å². The number of hydrogen-bond acceptors (Lipinski definition) is 6. The Morgan fingerprint density at radius 2 is 0.794 bits per heavy atom. The van der Waals surface area contributed by atoms with E-state index in [-0.39, 0.29) is 35.5 Å². The average Bonchev–Trinajstić information content (AvgIpc) is 2.84. The zero-order chi connectivity index (χ0) is 24.8. The van der Waals surface area contributed by atoms with E-state index in [4.69, 9.17) is 19.7 Å². The van der Waals surface area contributed by atoms with Crippen LogP contribution in [0.4, 0.5) is 0 Å². The summed E-state index contributed by atoms with van der Waals surface area (Å²) in [6, 6.07) is 12.0. The second-order valence-electron chi connectivity index (χ2n) is 7.80. The number of benzene rings is 2. The van der Waals surface area contributed by atoms with Crippen LogP contribution in [0.25, 0.3) is 0 Å². The Morgan fingerprint density at radius 3 is 1.12 bits per heavy atom. The van der Waals surface area contributed by atoms with Gasteiger partial charge in [0.15, 0.2) is 0 Å². The topological polar surface area (TPSA) is 127 Å². The first-order valence-electron chi connectivity index (χ1n) is 11.4. The maximum atomic E-state index is 12.1. The largest absolute Gasteiger partial charge is 0.478 e. The first kappa shape index (κ1) is 26.6. The second kappa shape index (κ2) is 14.5. The highest BCUT2D eigenvalue weighted by atomic mass is 16.5. The monoisotopic (exact) mass is 470 g/mol. The smallest absolute Gasteiger partial charge is 0.339 e. The van der Waals surface area contributed by atoms with E-state index in [0.29, 0.717) is 0 Å². The SMILES string of the molecule is O=C(O)c1ccccc1C(=O)OCCCCCCCCCCOC(=O)c1ccccc1C(=O)O. The molecule has 0 bridgehead atoms. The number of ether oxygens (including phenoxy) is 2. The molecule has 0 amide bonds. The molecule has 2 rings (SSSR count). The quantitative estimate of drug-likeness (QED) is 0.268. The van der Waals surface area contributed by atoms with Crippen molar-refractivity contribution in [1.82, 2.24) is 0 Å². The number of aromatic carboxylic acids is 2. The van der Waals surface area contributed by atoms with Gasteiger partial charge in [0.05, 0.1) is 35.5 Å². The van der Waals surface area contributed by atoms with E-state index in [1.807, 2.05) is 0 Å². The third-order valence-electron chi connectivity index (χ3n) is 5.26. The number of rotatable bonds is 15. The number of carboxylic acids is 2. The number of hydrogen-bond donors (Lipinski definition) is 2. The fourth-order valence-corrected chi connectivity index (χ4v) is 3.45. The molecule has 2 aromatic rings. The fraction of sp³-hybridized carbons (Fsp3) is 0.385. The van der Waals surface area contributed by atoms with Crippen LogP contribution in [0.3, 0.4) is 0 Å². The molecule has 0 radical (unpaired) electrons. The number of esters is 2. The fourth-order valence-electron chi connectivity index (χ4n) is 3.45. The molecular weight excluding hydrogens is 440 g/mol. The summed E-state index contributed by atoms with van der Waals surface area (Å²) in [6.45, 7) is 0.506. The standard InChI is InChI=1S/C26H30O8/c27-23(28)19-13-7-9-15-21(19)25(31)33-17-11-5-3-1-2-4-6-12-18-34-26(32)22-16-10-8-14-20(22)24(29)30/h7-10,13-16H,1-6,11-12,17-18H2,(H,27,28)(H,29,30). The highest BCUT2D eigenvalue weighted by Gasteiger charge is 2.17. The number of unbranched alkanes of at least 4 members (excludes halogenated alkanes) is 7. The molecule has 2 N–H and O–H groups in total. The van der Waals surface area contributed by atoms with Crippen molar-refractivity contribution in [3.8, 4) is 0 Å². The van der Waals surface area contributed by atoms with Gasteiger partial charge in [-0.2, -0.15) is 0 Å². The van der Waals surface area contributed by atoms with Crippen molar-refractivity contribution in [3.63, 3.8) is 0 Å². The van der Waals surface area contributed by atoms with E-state index in [9.17, 15) is 19.2 Å². The molecular formula is C26H30O8. The normalized spacial score (nSPS) is 10.5. The third kappa shape index (κ3) is 8.69. The first-order valence-corrected chi connectivity index (χ1v) is 11.4. The number of carboxylic acid groups (broad SMARTS) is 2. The lowest BCUT2D eigenvalue weighted by Gasteiger charge is -2.08. The van der Waals surface area contributed by atoms with Gasteiger partial charge in [0.1, 0.15) is 0 Å². The predicted molar refractivity (Wildman–Crippen MR) is 124 cm³/mol. The molecule has 182 valence electrons. The molecule has 8 nitrogen and oxygen atoms in total. The first-order chi connectivity index (χ1) is 16.4. The summed E-state index contributed by atoms with van der Waals surface area (Å²) in [7, 11) is 0. The van der Waals surface area contributed by atoms with E-state index in [1.54, 1.807) is 24.3 Å². The van der Waals surface area contributed by atoms with Gasteiger partial charge in [-0.1, -0.05) is 62.8 Å². The van der Waals surface area contributed by atoms with Crippen molar-refractivity contribution in [3.05, 3.63) is 70.8 Å². The van der Waals surface area contributed by atoms with E-state index >= 15 is 0 Å². The molecule has 0 saturated heterocycles. The lowest BCUT2D eigenvalue weighted by Crippen LogP contribution is -2.12. The molecule has 2 aromatic carbocycles. The third-order valence-corrected chi connectivity index (χ3v) is 5.26. The minimum Gasteiger partial charge on any atom is -0.478 e. The summed E-state index contributed by atoms with van der Waals surface area (Å²) in [4.78, 5) is 46.4. The summed E-state index contributed by atoms with van der Waals surface area (Å²) < 4.78 is 10.4. The summed E-state index contributed by atoms with van der Waals surface area (Å²) in [6.07, 6.45) is 7.35. The van der Waals surface area contributed by atoms with E-state index in [2.05, 4.69) is 0 Å². The maximum Gasteiger partial charge on any atom is 0.339 e. The number of carbonyl (C=O) groups is 4. The highest BCUT2D eigenvalue weighted by Crippen LogP contribution is 2.13. The Bertz CT molecular complexity index is 903. The molecule has 0 unspecified atom stereocenters. The van der Waals surface area contributed by atoms with Crippen LogP contribution in [0, 0.1) is 0 Å². The van der Waals surface area contributed by atoms with Crippen LogP contribution in [-0.2, 0) is 9.47 Å². The summed E-state index contributed by atoms with van der Waals surface area (Å²) in [5.74, 6) is -3.56. The molecule has 0 aliphatic carbocycles. The van der Waals surface area contributed by atoms with Crippen LogP contribution >= 0.6 is 0 Å². The van der Waals surface area contributed by atoms with Crippen LogP contribution in [0.2, 0.25) is 0 Å². The van der Waals surface area contributed by atoms with E-state index < -0.39 is 23.9 Å². The van der Waals surface area contributed by atoms with Gasteiger partial charge in [0.25, 0.3) is 0 Å². The molecule has 0 heterocycles. The minimum absolute atomic E-state index is 0.0618. The van der Waals surface area contributed by atoms with Gasteiger partial charge in [-0.15, -0.1) is 0 Å². The molecule has 8 heteroatoms. The molecule has 0 spiro atoms. The van der Waals surface area contributed by atoms with Crippen molar-refractivity contribution < 1.29 is 38.9 Å². The van der Waals surface area contributed by atoms with Gasteiger partial charge in [-0.05, 0) is 37.1 Å². The van der Waals surface area contributed by atoms with Crippen LogP contribution < -0.4 is 0 Å². The summed E-state index contributed by atoms with van der Waals surface area (Å²) in [5.41, 5.74) is -0.00164. The lowest BCUT2D eigenvalue weighted by molar-refractivity contribution is 0.0481. The second-order valence-corrected chi connectivity index (χ2v) is 7.80. The minimum atomic E-state index is -1.16. The maximum absolute atomic E-state index is 12.1. The van der Waals surface area contributed by atoms with Crippen LogP contribution in [0.5, 0.6) is 0 Å². The van der Waals surface area contributed by atoms with Crippen LogP contribution in [0.15, 0.2) is 48.5 Å². The Hall–Kier alpha value is -3.68. The Balaban J connectivity index is 1.48. The zero-order valence-corrected chi connectivity index (χ0v) is 19.0. The highest BCUT2D eigenvalue weighted by molar-refractivity contribution is 6.03. The molecule has 0 aliphatic rings. The van der Waals surface area contributed by atoms with Gasteiger partial charge >= 0.3 is 23.9 Å². The van der Waals surface area contributed by atoms with Gasteiger partial charge in [-0.3, -0.25) is 0 Å². The van der Waals surface area contributed by atoms with Crippen molar-refractivity contribution in [2.75, 3.05) is 13.2 Å². The van der Waals surface area contributed by atoms with Crippen molar-refractivity contribution in [1.29, 1.82) is 0 Å². The van der Waals surface area contributed by atoms with Crippen molar-refractivity contribution in [2.45, 2.75) is 51.4 Å². The van der Waals surface area contributed by atoms with Crippen LogP contribution in [-0.4, -0.2) is 47.3 Å². The lowest BCUT2D eigenvalue weighted by atomic mass is 10.1. The zero-order valence-electron chi connectivity index (χ0n) is 19.0. The van der Waals surface area contributed by atoms with Gasteiger partial charge in [0, 0.05) is 0 Å². The molecule has 0 atom stereocenters. The molecule has 0 aromatic heterocycles. The Kier molecular flexibility index (Phi) is 11.3. The van der Waals surface area contributed by atoms with Gasteiger partial charge in [-0.25, -0.2) is 19.2 Å². The molecule has 34 heavy (non-hydrogen) atoms. The van der Waals surface area contributed by atoms with Crippen molar-refractivity contribution in [2.24, 2.45) is 0 Å². The van der Waals surface area contributed by atoms with Gasteiger partial charge in [0.2, 0.25) is 0 Å². The van der Waals surface area contributed by atoms with Crippen LogP contribution in [0.1, 0.15) is 92.8 Å². The van der Waals surface area contributed by atoms with E-state index in [1.165, 1.54) is 24.3 Å². The predicted octanol–water partition coefficient (Wildman–Crippen LogP) is 5.22. The van der Waals surface area contributed by atoms with E-state index in [0.717, 1.165) is 51.4 Å². The summed E-state index contributed by atoms with van der Waals surface area (Å²) >= 11 is 0. The average molecular weight is 471 g/mol. The summed E-state index contributed by atoms with van der Waals surface area (Å²) in [5, 5.41) is 18.3.